The lowest BCUT2D eigenvalue weighted by atomic mass is 10.1. The topological polar surface area (TPSA) is 68.3 Å². The molecule has 0 aliphatic heterocycles. The molecule has 0 aliphatic carbocycles. The standard InChI is InChI=1S/C18H17Br2FN2O3/c1-3-14(24)15(19)17(25)16-13(8-12(21)18(20)23-16)22-9-10-4-6-11(26-2)7-5-10/h4-8,15,22H,3,9H2,1-2H3. The molecule has 0 bridgehead atoms. The average molecular weight is 488 g/mol. The Morgan fingerprint density at radius 3 is 2.54 bits per heavy atom. The number of anilines is 1. The normalized spacial score (nSPS) is 11.7. The Morgan fingerprint density at radius 2 is 1.96 bits per heavy atom. The molecule has 2 aromatic rings. The molecule has 1 N–H and O–H groups in total. The zero-order valence-corrected chi connectivity index (χ0v) is 17.4. The number of pyridine rings is 1. The molecule has 0 saturated heterocycles. The van der Waals surface area contributed by atoms with Crippen LogP contribution in [0.15, 0.2) is 34.9 Å². The second-order valence-electron chi connectivity index (χ2n) is 5.41. The number of nitrogens with zero attached hydrogens (tertiary/aromatic N) is 1. The average Bonchev–Trinajstić information content (AvgIpc) is 2.67. The fourth-order valence-electron chi connectivity index (χ4n) is 2.18. The fourth-order valence-corrected chi connectivity index (χ4v) is 3.01. The summed E-state index contributed by atoms with van der Waals surface area (Å²) in [4.78, 5) is 27.4. The van der Waals surface area contributed by atoms with Crippen LogP contribution in [0.1, 0.15) is 29.4 Å². The van der Waals surface area contributed by atoms with Gasteiger partial charge in [0.05, 0.1) is 12.8 Å². The van der Waals surface area contributed by atoms with Crippen molar-refractivity contribution in [2.75, 3.05) is 12.4 Å². The Hall–Kier alpha value is -1.80. The summed E-state index contributed by atoms with van der Waals surface area (Å²) in [5.74, 6) is -0.666. The molecule has 8 heteroatoms. The molecular formula is C18H17Br2FN2O3. The molecule has 138 valence electrons. The van der Waals surface area contributed by atoms with E-state index in [4.69, 9.17) is 4.74 Å². The monoisotopic (exact) mass is 486 g/mol. The van der Waals surface area contributed by atoms with Crippen LogP contribution in [0.4, 0.5) is 10.1 Å². The number of Topliss-reactive ketones (excluding diaryl/α,β-unsaturated/α-hetero) is 2. The first-order valence-electron chi connectivity index (χ1n) is 7.81. The smallest absolute Gasteiger partial charge is 0.204 e. The van der Waals surface area contributed by atoms with E-state index < -0.39 is 16.4 Å². The van der Waals surface area contributed by atoms with E-state index >= 15 is 0 Å². The number of carbonyl (C=O) groups excluding carboxylic acids is 2. The zero-order chi connectivity index (χ0) is 19.3. The van der Waals surface area contributed by atoms with Crippen molar-refractivity contribution in [3.05, 3.63) is 52.0 Å². The number of aromatic nitrogens is 1. The van der Waals surface area contributed by atoms with E-state index in [0.29, 0.717) is 6.54 Å². The summed E-state index contributed by atoms with van der Waals surface area (Å²) in [5, 5.41) is 3.01. The molecule has 5 nitrogen and oxygen atoms in total. The van der Waals surface area contributed by atoms with E-state index in [1.807, 2.05) is 12.1 Å². The molecule has 26 heavy (non-hydrogen) atoms. The molecule has 0 spiro atoms. The summed E-state index contributed by atoms with van der Waals surface area (Å²) < 4.78 is 18.9. The van der Waals surface area contributed by atoms with Crippen molar-refractivity contribution in [3.8, 4) is 5.75 Å². The third kappa shape index (κ3) is 4.88. The van der Waals surface area contributed by atoms with Crippen LogP contribution in [0.5, 0.6) is 5.75 Å². The maximum absolute atomic E-state index is 13.9. The lowest BCUT2D eigenvalue weighted by molar-refractivity contribution is -0.117. The Morgan fingerprint density at radius 1 is 1.31 bits per heavy atom. The summed E-state index contributed by atoms with van der Waals surface area (Å²) in [5.41, 5.74) is 1.13. The largest absolute Gasteiger partial charge is 0.497 e. The number of ketones is 2. The number of alkyl halides is 1. The summed E-state index contributed by atoms with van der Waals surface area (Å²) in [6.45, 7) is 2.02. The van der Waals surface area contributed by atoms with Crippen LogP contribution in [0.25, 0.3) is 0 Å². The highest BCUT2D eigenvalue weighted by molar-refractivity contribution is 9.10. The summed E-state index contributed by atoms with van der Waals surface area (Å²) in [6.07, 6.45) is 0.207. The zero-order valence-electron chi connectivity index (χ0n) is 14.2. The first-order chi connectivity index (χ1) is 12.4. The van der Waals surface area contributed by atoms with Gasteiger partial charge in [-0.25, -0.2) is 9.37 Å². The van der Waals surface area contributed by atoms with Crippen molar-refractivity contribution in [1.82, 2.24) is 4.98 Å². The SMILES string of the molecule is CCC(=O)C(Br)C(=O)c1nc(Br)c(F)cc1NCc1ccc(OC)cc1. The molecule has 1 atom stereocenters. The van der Waals surface area contributed by atoms with Crippen LogP contribution in [0.2, 0.25) is 0 Å². The lowest BCUT2D eigenvalue weighted by Crippen LogP contribution is -2.25. The summed E-state index contributed by atoms with van der Waals surface area (Å²) in [6, 6.07) is 8.49. The predicted octanol–water partition coefficient (Wildman–Crippen LogP) is 4.53. The van der Waals surface area contributed by atoms with Gasteiger partial charge < -0.3 is 10.1 Å². The number of methoxy groups -OCH3 is 1. The van der Waals surface area contributed by atoms with Crippen molar-refractivity contribution < 1.29 is 18.7 Å². The second kappa shape index (κ2) is 9.23. The Balaban J connectivity index is 2.27. The quantitative estimate of drug-likeness (QED) is 0.256. The van der Waals surface area contributed by atoms with Crippen molar-refractivity contribution in [1.29, 1.82) is 0 Å². The van der Waals surface area contributed by atoms with Crippen LogP contribution in [0.3, 0.4) is 0 Å². The highest BCUT2D eigenvalue weighted by Crippen LogP contribution is 2.25. The van der Waals surface area contributed by atoms with E-state index in [9.17, 15) is 14.0 Å². The number of nitrogens with one attached hydrogen (secondary N) is 1. The number of hydrogen-bond acceptors (Lipinski definition) is 5. The van der Waals surface area contributed by atoms with Gasteiger partial charge in [-0.3, -0.25) is 9.59 Å². The molecule has 1 aromatic carbocycles. The van der Waals surface area contributed by atoms with Crippen LogP contribution in [0, 0.1) is 5.82 Å². The molecule has 0 aliphatic rings. The molecule has 0 amide bonds. The highest BCUT2D eigenvalue weighted by Gasteiger charge is 2.27. The van der Waals surface area contributed by atoms with E-state index in [0.717, 1.165) is 11.3 Å². The van der Waals surface area contributed by atoms with E-state index in [-0.39, 0.29) is 28.2 Å². The number of hydrogen-bond donors (Lipinski definition) is 1. The maximum atomic E-state index is 13.9. The minimum absolute atomic E-state index is 0.00420. The fraction of sp³-hybridized carbons (Fsp3) is 0.278. The van der Waals surface area contributed by atoms with Gasteiger partial charge in [0.25, 0.3) is 0 Å². The van der Waals surface area contributed by atoms with Gasteiger partial charge in [0.1, 0.15) is 20.9 Å². The van der Waals surface area contributed by atoms with Crippen LogP contribution in [-0.4, -0.2) is 28.5 Å². The molecular weight excluding hydrogens is 471 g/mol. The summed E-state index contributed by atoms with van der Waals surface area (Å²) in [7, 11) is 1.58. The molecule has 2 rings (SSSR count). The molecule has 0 fully saturated rings. The van der Waals surface area contributed by atoms with Gasteiger partial charge in [-0.2, -0.15) is 0 Å². The minimum Gasteiger partial charge on any atom is -0.497 e. The number of halogens is 3. The van der Waals surface area contributed by atoms with Crippen molar-refractivity contribution in [2.45, 2.75) is 24.7 Å². The molecule has 1 unspecified atom stereocenters. The first kappa shape index (κ1) is 20.5. The van der Waals surface area contributed by atoms with E-state index in [1.54, 1.807) is 26.2 Å². The van der Waals surface area contributed by atoms with Gasteiger partial charge in [0.2, 0.25) is 5.78 Å². The van der Waals surface area contributed by atoms with Crippen molar-refractivity contribution >= 4 is 49.1 Å². The highest BCUT2D eigenvalue weighted by atomic mass is 79.9. The van der Waals surface area contributed by atoms with Crippen LogP contribution in [-0.2, 0) is 11.3 Å². The lowest BCUT2D eigenvalue weighted by Gasteiger charge is -2.14. The van der Waals surface area contributed by atoms with E-state index in [2.05, 4.69) is 42.2 Å². The number of rotatable bonds is 8. The Bertz CT molecular complexity index is 813. The first-order valence-corrected chi connectivity index (χ1v) is 9.52. The number of benzene rings is 1. The number of ether oxygens (including phenoxy) is 1. The van der Waals surface area contributed by atoms with Gasteiger partial charge in [0.15, 0.2) is 11.6 Å². The van der Waals surface area contributed by atoms with Gasteiger partial charge in [-0.15, -0.1) is 0 Å². The number of carbonyl (C=O) groups is 2. The van der Waals surface area contributed by atoms with Gasteiger partial charge >= 0.3 is 0 Å². The van der Waals surface area contributed by atoms with Gasteiger partial charge in [0, 0.05) is 19.0 Å². The molecule has 0 saturated carbocycles. The van der Waals surface area contributed by atoms with E-state index in [1.165, 1.54) is 6.07 Å². The second-order valence-corrected chi connectivity index (χ2v) is 7.07. The van der Waals surface area contributed by atoms with Crippen molar-refractivity contribution in [2.24, 2.45) is 0 Å². The maximum Gasteiger partial charge on any atom is 0.204 e. The van der Waals surface area contributed by atoms with Crippen LogP contribution >= 0.6 is 31.9 Å². The Labute approximate surface area is 167 Å². The molecule has 0 radical (unpaired) electrons. The van der Waals surface area contributed by atoms with Crippen LogP contribution < -0.4 is 10.1 Å². The predicted molar refractivity (Wildman–Crippen MR) is 105 cm³/mol. The van der Waals surface area contributed by atoms with Crippen molar-refractivity contribution in [3.63, 3.8) is 0 Å². The summed E-state index contributed by atoms with van der Waals surface area (Å²) >= 11 is 6.09. The minimum atomic E-state index is -1.01. The van der Waals surface area contributed by atoms with Gasteiger partial charge in [-0.05, 0) is 33.6 Å². The van der Waals surface area contributed by atoms with Gasteiger partial charge in [-0.1, -0.05) is 35.0 Å². The third-order valence-electron chi connectivity index (χ3n) is 3.67. The molecule has 1 aromatic heterocycles. The Kier molecular flexibility index (Phi) is 7.28. The molecule has 1 heterocycles. The third-order valence-corrected chi connectivity index (χ3v) is 5.15.